The summed E-state index contributed by atoms with van der Waals surface area (Å²) in [4.78, 5) is 26.1. The summed E-state index contributed by atoms with van der Waals surface area (Å²) in [6, 6.07) is 6.23. The van der Waals surface area contributed by atoms with Gasteiger partial charge in [-0.2, -0.15) is 0 Å². The lowest BCUT2D eigenvalue weighted by molar-refractivity contribution is -0.119. The minimum absolute atomic E-state index is 0.0686. The molecule has 0 atom stereocenters. The van der Waals surface area contributed by atoms with Gasteiger partial charge in [-0.15, -0.1) is 0 Å². The van der Waals surface area contributed by atoms with Crippen LogP contribution in [0.5, 0.6) is 5.75 Å². The summed E-state index contributed by atoms with van der Waals surface area (Å²) in [5.74, 6) is -0.351. The number of methoxy groups -OCH3 is 1. The molecular formula is C18H16Cl5N3O3. The molecular weight excluding hydrogens is 483 g/mol. The predicted octanol–water partition coefficient (Wildman–Crippen LogP) is 5.47. The fourth-order valence-electron chi connectivity index (χ4n) is 2.38. The van der Waals surface area contributed by atoms with Crippen LogP contribution in [0.15, 0.2) is 24.3 Å². The Balaban J connectivity index is 1.97. The van der Waals surface area contributed by atoms with Crippen LogP contribution >= 0.6 is 58.0 Å². The second kappa shape index (κ2) is 10.6. The summed E-state index contributed by atoms with van der Waals surface area (Å²) >= 11 is 30.0. The quantitative estimate of drug-likeness (QED) is 0.496. The zero-order valence-electron chi connectivity index (χ0n) is 15.3. The average Bonchev–Trinajstić information content (AvgIpc) is 2.63. The van der Waals surface area contributed by atoms with E-state index in [4.69, 9.17) is 62.7 Å². The maximum absolute atomic E-state index is 12.3. The molecule has 0 bridgehead atoms. The van der Waals surface area contributed by atoms with Crippen LogP contribution in [0.4, 0.5) is 11.4 Å². The Labute approximate surface area is 192 Å². The molecule has 0 saturated carbocycles. The van der Waals surface area contributed by atoms with Gasteiger partial charge in [0.05, 0.1) is 51.7 Å². The summed E-state index contributed by atoms with van der Waals surface area (Å²) in [6.45, 7) is -0.183. The first kappa shape index (κ1) is 23.9. The van der Waals surface area contributed by atoms with Crippen LogP contribution in [0.25, 0.3) is 0 Å². The topological polar surface area (TPSA) is 70.7 Å². The lowest BCUT2D eigenvalue weighted by Gasteiger charge is -2.18. The number of halogens is 5. The van der Waals surface area contributed by atoms with Crippen molar-refractivity contribution in [1.82, 2.24) is 4.90 Å². The summed E-state index contributed by atoms with van der Waals surface area (Å²) in [6.07, 6.45) is 0. The molecule has 0 unspecified atom stereocenters. The van der Waals surface area contributed by atoms with E-state index in [9.17, 15) is 9.59 Å². The highest BCUT2D eigenvalue weighted by Gasteiger charge is 2.18. The molecule has 0 heterocycles. The van der Waals surface area contributed by atoms with Gasteiger partial charge in [0, 0.05) is 5.02 Å². The molecule has 0 spiro atoms. The first-order valence-electron chi connectivity index (χ1n) is 8.07. The van der Waals surface area contributed by atoms with Crippen molar-refractivity contribution in [3.63, 3.8) is 0 Å². The summed E-state index contributed by atoms with van der Waals surface area (Å²) in [7, 11) is 3.08. The second-order valence-electron chi connectivity index (χ2n) is 5.96. The van der Waals surface area contributed by atoms with Gasteiger partial charge in [-0.3, -0.25) is 14.5 Å². The van der Waals surface area contributed by atoms with E-state index in [-0.39, 0.29) is 44.8 Å². The highest BCUT2D eigenvalue weighted by molar-refractivity contribution is 6.50. The van der Waals surface area contributed by atoms with E-state index in [1.165, 1.54) is 18.1 Å². The number of likely N-dealkylation sites (N-methyl/N-ethyl adjacent to an activating group) is 1. The van der Waals surface area contributed by atoms with Crippen LogP contribution in [-0.2, 0) is 9.59 Å². The number of hydrogen-bond donors (Lipinski definition) is 2. The number of anilines is 2. The highest BCUT2D eigenvalue weighted by Crippen LogP contribution is 2.41. The third-order valence-electron chi connectivity index (χ3n) is 3.64. The number of nitrogens with zero attached hydrogens (tertiary/aromatic N) is 1. The summed E-state index contributed by atoms with van der Waals surface area (Å²) in [5.41, 5.74) is 0.535. The molecule has 0 aromatic heterocycles. The monoisotopic (exact) mass is 497 g/mol. The minimum atomic E-state index is -0.456. The standard InChI is InChI=1S/C18H16Cl5N3O3/c1-26(7-14(27)24-12-5-9(19)3-4-13(12)29-2)8-15(28)25-18-16(22)10(20)6-11(21)17(18)23/h3-6H,7-8H2,1-2H3,(H,24,27)(H,25,28). The Kier molecular flexibility index (Phi) is 8.70. The molecule has 29 heavy (non-hydrogen) atoms. The van der Waals surface area contributed by atoms with E-state index < -0.39 is 5.91 Å². The zero-order valence-corrected chi connectivity index (χ0v) is 19.1. The largest absolute Gasteiger partial charge is 0.495 e. The van der Waals surface area contributed by atoms with Gasteiger partial charge in [-0.05, 0) is 31.3 Å². The molecule has 0 aliphatic carbocycles. The van der Waals surface area contributed by atoms with Crippen LogP contribution in [-0.4, -0.2) is 44.0 Å². The summed E-state index contributed by atoms with van der Waals surface area (Å²) in [5, 5.41) is 6.14. The normalized spacial score (nSPS) is 10.8. The fraction of sp³-hybridized carbons (Fsp3) is 0.222. The number of amides is 2. The molecule has 2 aromatic rings. The van der Waals surface area contributed by atoms with E-state index in [1.807, 2.05) is 0 Å². The molecule has 0 fully saturated rings. The molecule has 0 aliphatic heterocycles. The van der Waals surface area contributed by atoms with Crippen molar-refractivity contribution in [3.05, 3.63) is 49.4 Å². The van der Waals surface area contributed by atoms with Gasteiger partial charge in [0.2, 0.25) is 11.8 Å². The zero-order chi connectivity index (χ0) is 21.7. The van der Waals surface area contributed by atoms with Crippen LogP contribution in [0, 0.1) is 0 Å². The second-order valence-corrected chi connectivity index (χ2v) is 7.96. The Hall–Kier alpha value is -1.41. The maximum Gasteiger partial charge on any atom is 0.238 e. The number of benzene rings is 2. The van der Waals surface area contributed by atoms with Crippen LogP contribution in [0.2, 0.25) is 25.1 Å². The molecule has 0 saturated heterocycles. The van der Waals surface area contributed by atoms with Crippen molar-refractivity contribution < 1.29 is 14.3 Å². The van der Waals surface area contributed by atoms with E-state index in [2.05, 4.69) is 10.6 Å². The lowest BCUT2D eigenvalue weighted by atomic mass is 10.3. The first-order chi connectivity index (χ1) is 13.6. The van der Waals surface area contributed by atoms with Gasteiger partial charge in [-0.1, -0.05) is 58.0 Å². The number of ether oxygens (including phenoxy) is 1. The summed E-state index contributed by atoms with van der Waals surface area (Å²) < 4.78 is 5.18. The van der Waals surface area contributed by atoms with Crippen molar-refractivity contribution in [2.45, 2.75) is 0 Å². The van der Waals surface area contributed by atoms with Crippen molar-refractivity contribution in [2.75, 3.05) is 37.9 Å². The fourth-order valence-corrected chi connectivity index (χ4v) is 3.45. The van der Waals surface area contributed by atoms with E-state index in [0.29, 0.717) is 16.5 Å². The number of carbonyl (C=O) groups is 2. The molecule has 6 nitrogen and oxygen atoms in total. The molecule has 11 heteroatoms. The van der Waals surface area contributed by atoms with Gasteiger partial charge in [0.25, 0.3) is 0 Å². The highest BCUT2D eigenvalue weighted by atomic mass is 35.5. The van der Waals surface area contributed by atoms with Crippen molar-refractivity contribution in [1.29, 1.82) is 0 Å². The molecule has 0 aliphatic rings. The van der Waals surface area contributed by atoms with Gasteiger partial charge in [-0.25, -0.2) is 0 Å². The number of rotatable bonds is 7. The molecule has 2 N–H and O–H groups in total. The van der Waals surface area contributed by atoms with Gasteiger partial charge >= 0.3 is 0 Å². The van der Waals surface area contributed by atoms with Crippen molar-refractivity contribution >= 4 is 81.2 Å². The van der Waals surface area contributed by atoms with Crippen LogP contribution in [0.3, 0.4) is 0 Å². The Morgan fingerprint density at radius 3 is 2.03 bits per heavy atom. The third kappa shape index (κ3) is 6.54. The lowest BCUT2D eigenvalue weighted by Crippen LogP contribution is -2.36. The van der Waals surface area contributed by atoms with Crippen LogP contribution in [0.1, 0.15) is 0 Å². The third-order valence-corrected chi connectivity index (χ3v) is 5.45. The number of carbonyl (C=O) groups excluding carboxylic acids is 2. The SMILES string of the molecule is COc1ccc(Cl)cc1NC(=O)CN(C)CC(=O)Nc1c(Cl)c(Cl)cc(Cl)c1Cl. The Bertz CT molecular complexity index is 913. The maximum atomic E-state index is 12.3. The van der Waals surface area contributed by atoms with Crippen LogP contribution < -0.4 is 15.4 Å². The Morgan fingerprint density at radius 2 is 1.48 bits per heavy atom. The molecule has 0 radical (unpaired) electrons. The molecule has 156 valence electrons. The minimum Gasteiger partial charge on any atom is -0.495 e. The Morgan fingerprint density at radius 1 is 0.931 bits per heavy atom. The van der Waals surface area contributed by atoms with Gasteiger partial charge in [0.1, 0.15) is 5.75 Å². The average molecular weight is 500 g/mol. The first-order valence-corrected chi connectivity index (χ1v) is 9.96. The predicted molar refractivity (Wildman–Crippen MR) is 119 cm³/mol. The molecule has 2 amide bonds. The van der Waals surface area contributed by atoms with E-state index >= 15 is 0 Å². The van der Waals surface area contributed by atoms with Crippen molar-refractivity contribution in [3.8, 4) is 5.75 Å². The van der Waals surface area contributed by atoms with Gasteiger partial charge < -0.3 is 15.4 Å². The molecule has 2 aromatic carbocycles. The smallest absolute Gasteiger partial charge is 0.238 e. The van der Waals surface area contributed by atoms with Gasteiger partial charge in [0.15, 0.2) is 0 Å². The van der Waals surface area contributed by atoms with E-state index in [1.54, 1.807) is 25.2 Å². The number of nitrogens with one attached hydrogen (secondary N) is 2. The molecule has 2 rings (SSSR count). The number of hydrogen-bond acceptors (Lipinski definition) is 4. The van der Waals surface area contributed by atoms with E-state index in [0.717, 1.165) is 0 Å². The van der Waals surface area contributed by atoms with Crippen molar-refractivity contribution in [2.24, 2.45) is 0 Å².